The highest BCUT2D eigenvalue weighted by Crippen LogP contribution is 2.25. The minimum absolute atomic E-state index is 0.672. The van der Waals surface area contributed by atoms with E-state index in [2.05, 4.69) is 44.4 Å². The number of hydrogen-bond donors (Lipinski definition) is 1. The van der Waals surface area contributed by atoms with Gasteiger partial charge >= 0.3 is 0 Å². The first-order valence-electron chi connectivity index (χ1n) is 8.05. The van der Waals surface area contributed by atoms with Crippen molar-refractivity contribution in [1.82, 2.24) is 9.97 Å². The molecule has 0 unspecified atom stereocenters. The van der Waals surface area contributed by atoms with Crippen LogP contribution in [-0.2, 0) is 0 Å². The van der Waals surface area contributed by atoms with Gasteiger partial charge in [0.15, 0.2) is 0 Å². The Balaban J connectivity index is 2.29. The first kappa shape index (κ1) is 16.9. The number of hydrogen-bond acceptors (Lipinski definition) is 5. The van der Waals surface area contributed by atoms with Crippen LogP contribution in [0.15, 0.2) is 41.0 Å². The second-order valence-electron chi connectivity index (χ2n) is 5.26. The molecule has 5 heteroatoms. The van der Waals surface area contributed by atoms with E-state index in [1.54, 1.807) is 0 Å². The predicted octanol–water partition coefficient (Wildman–Crippen LogP) is 3.88. The lowest BCUT2D eigenvalue weighted by molar-refractivity contribution is 0.846. The molecule has 0 saturated heterocycles. The van der Waals surface area contributed by atoms with Crippen LogP contribution < -0.4 is 10.2 Å². The van der Waals surface area contributed by atoms with Crippen LogP contribution in [-0.4, -0.2) is 36.3 Å². The van der Waals surface area contributed by atoms with Crippen molar-refractivity contribution in [2.45, 2.75) is 27.2 Å². The van der Waals surface area contributed by atoms with Gasteiger partial charge in [-0.05, 0) is 32.9 Å². The van der Waals surface area contributed by atoms with Crippen molar-refractivity contribution in [2.75, 3.05) is 30.4 Å². The normalized spacial score (nSPS) is 12.1. The SMILES string of the molecule is CC=N/C(=C\C)CCN(C)c1nc(NCC)nc2ccccc12. The number of allylic oxidation sites excluding steroid dienone is 1. The number of aliphatic imine (C=N–C) groups is 1. The molecule has 1 N–H and O–H groups in total. The number of nitrogens with one attached hydrogen (secondary N) is 1. The van der Waals surface area contributed by atoms with Gasteiger partial charge in [-0.3, -0.25) is 4.99 Å². The van der Waals surface area contributed by atoms with Crippen molar-refractivity contribution in [3.8, 4) is 0 Å². The summed E-state index contributed by atoms with van der Waals surface area (Å²) in [6, 6.07) is 8.11. The van der Waals surface area contributed by atoms with E-state index >= 15 is 0 Å². The Morgan fingerprint density at radius 1 is 1.26 bits per heavy atom. The van der Waals surface area contributed by atoms with Crippen LogP contribution in [0, 0.1) is 0 Å². The molecule has 0 radical (unpaired) electrons. The molecule has 0 bridgehead atoms. The molecule has 1 heterocycles. The third-order valence-electron chi connectivity index (χ3n) is 3.61. The Kier molecular flexibility index (Phi) is 6.09. The molecule has 0 fully saturated rings. The third kappa shape index (κ3) is 4.28. The van der Waals surface area contributed by atoms with Crippen molar-refractivity contribution in [2.24, 2.45) is 4.99 Å². The van der Waals surface area contributed by atoms with E-state index in [0.717, 1.165) is 41.9 Å². The first-order chi connectivity index (χ1) is 11.2. The van der Waals surface area contributed by atoms with Crippen molar-refractivity contribution >= 4 is 28.9 Å². The minimum Gasteiger partial charge on any atom is -0.359 e. The Labute approximate surface area is 138 Å². The summed E-state index contributed by atoms with van der Waals surface area (Å²) < 4.78 is 0. The fourth-order valence-corrected chi connectivity index (χ4v) is 2.43. The maximum atomic E-state index is 4.69. The van der Waals surface area contributed by atoms with Gasteiger partial charge in [0.2, 0.25) is 5.95 Å². The molecular weight excluding hydrogens is 286 g/mol. The summed E-state index contributed by atoms with van der Waals surface area (Å²) in [5.41, 5.74) is 2.04. The Morgan fingerprint density at radius 2 is 2.04 bits per heavy atom. The van der Waals surface area contributed by atoms with Gasteiger partial charge in [0.25, 0.3) is 0 Å². The molecule has 1 aromatic heterocycles. The third-order valence-corrected chi connectivity index (χ3v) is 3.61. The molecule has 2 rings (SSSR count). The van der Waals surface area contributed by atoms with Crippen LogP contribution in [0.5, 0.6) is 0 Å². The maximum absolute atomic E-state index is 4.69. The second-order valence-corrected chi connectivity index (χ2v) is 5.26. The van der Waals surface area contributed by atoms with E-state index in [0.29, 0.717) is 5.95 Å². The summed E-state index contributed by atoms with van der Waals surface area (Å²) >= 11 is 0. The van der Waals surface area contributed by atoms with Crippen molar-refractivity contribution < 1.29 is 0 Å². The largest absolute Gasteiger partial charge is 0.359 e. The van der Waals surface area contributed by atoms with Gasteiger partial charge in [-0.15, -0.1) is 0 Å². The zero-order valence-electron chi connectivity index (χ0n) is 14.4. The molecule has 0 aliphatic heterocycles. The smallest absolute Gasteiger partial charge is 0.225 e. The van der Waals surface area contributed by atoms with Gasteiger partial charge in [0, 0.05) is 43.9 Å². The summed E-state index contributed by atoms with van der Waals surface area (Å²) in [6.45, 7) is 7.65. The highest BCUT2D eigenvalue weighted by molar-refractivity contribution is 5.90. The molecule has 2 aromatic rings. The molecule has 23 heavy (non-hydrogen) atoms. The average molecular weight is 311 g/mol. The van der Waals surface area contributed by atoms with Crippen LogP contribution in [0.3, 0.4) is 0 Å². The number of benzene rings is 1. The predicted molar refractivity (Wildman–Crippen MR) is 99.5 cm³/mol. The maximum Gasteiger partial charge on any atom is 0.225 e. The Bertz CT molecular complexity index is 706. The molecule has 0 aliphatic carbocycles. The van der Waals surface area contributed by atoms with Gasteiger partial charge in [-0.2, -0.15) is 4.98 Å². The van der Waals surface area contributed by atoms with E-state index in [1.165, 1.54) is 0 Å². The standard InChI is InChI=1S/C18H25N5/c1-5-14(19-6-2)12-13-23(4)17-15-10-8-9-11-16(15)21-18(22-17)20-7-3/h5-6,8-11H,7,12-13H2,1-4H3,(H,20,21,22)/b14-5-,19-6?. The molecule has 0 amide bonds. The number of anilines is 2. The second kappa shape index (κ2) is 8.27. The summed E-state index contributed by atoms with van der Waals surface area (Å²) in [6.07, 6.45) is 4.76. The number of aromatic nitrogens is 2. The summed E-state index contributed by atoms with van der Waals surface area (Å²) in [4.78, 5) is 15.8. The van der Waals surface area contributed by atoms with Crippen LogP contribution >= 0.6 is 0 Å². The topological polar surface area (TPSA) is 53.4 Å². The summed E-state index contributed by atoms with van der Waals surface area (Å²) in [7, 11) is 2.06. The van der Waals surface area contributed by atoms with Crippen molar-refractivity contribution in [1.29, 1.82) is 0 Å². The van der Waals surface area contributed by atoms with Crippen LogP contribution in [0.25, 0.3) is 10.9 Å². The van der Waals surface area contributed by atoms with Crippen molar-refractivity contribution in [3.05, 3.63) is 36.0 Å². The molecule has 5 nitrogen and oxygen atoms in total. The Hall–Kier alpha value is -2.43. The van der Waals surface area contributed by atoms with E-state index < -0.39 is 0 Å². The van der Waals surface area contributed by atoms with Gasteiger partial charge < -0.3 is 10.2 Å². The van der Waals surface area contributed by atoms with Gasteiger partial charge in [0.05, 0.1) is 5.52 Å². The Morgan fingerprint density at radius 3 is 2.74 bits per heavy atom. The van der Waals surface area contributed by atoms with E-state index in [4.69, 9.17) is 0 Å². The molecule has 0 spiro atoms. The van der Waals surface area contributed by atoms with E-state index in [9.17, 15) is 0 Å². The molecular formula is C18H25N5. The van der Waals surface area contributed by atoms with Gasteiger partial charge in [-0.25, -0.2) is 4.98 Å². The highest BCUT2D eigenvalue weighted by atomic mass is 15.2. The molecule has 1 aromatic carbocycles. The average Bonchev–Trinajstić information content (AvgIpc) is 2.58. The zero-order chi connectivity index (χ0) is 16.7. The van der Waals surface area contributed by atoms with Crippen LogP contribution in [0.1, 0.15) is 27.2 Å². The van der Waals surface area contributed by atoms with Gasteiger partial charge in [-0.1, -0.05) is 18.2 Å². The molecule has 122 valence electrons. The summed E-state index contributed by atoms with van der Waals surface area (Å²) in [5, 5.41) is 4.27. The van der Waals surface area contributed by atoms with Gasteiger partial charge in [0.1, 0.15) is 5.82 Å². The highest BCUT2D eigenvalue weighted by Gasteiger charge is 2.11. The van der Waals surface area contributed by atoms with E-state index in [1.807, 2.05) is 45.2 Å². The fourth-order valence-electron chi connectivity index (χ4n) is 2.43. The zero-order valence-corrected chi connectivity index (χ0v) is 14.4. The number of fused-ring (bicyclic) bond motifs is 1. The van der Waals surface area contributed by atoms with E-state index in [-0.39, 0.29) is 0 Å². The lowest BCUT2D eigenvalue weighted by Crippen LogP contribution is -2.21. The lowest BCUT2D eigenvalue weighted by Gasteiger charge is -2.20. The number of para-hydroxylation sites is 1. The quantitative estimate of drug-likeness (QED) is 0.788. The molecule has 0 saturated carbocycles. The fraction of sp³-hybridized carbons (Fsp3) is 0.389. The summed E-state index contributed by atoms with van der Waals surface area (Å²) in [5.74, 6) is 1.62. The van der Waals surface area contributed by atoms with Crippen molar-refractivity contribution in [3.63, 3.8) is 0 Å². The monoisotopic (exact) mass is 311 g/mol. The lowest BCUT2D eigenvalue weighted by atomic mass is 10.2. The van der Waals surface area contributed by atoms with Crippen LogP contribution in [0.2, 0.25) is 0 Å². The number of rotatable bonds is 7. The molecule has 0 atom stereocenters. The molecule has 0 aliphatic rings. The first-order valence-corrected chi connectivity index (χ1v) is 8.05. The number of nitrogens with zero attached hydrogens (tertiary/aromatic N) is 4. The van der Waals surface area contributed by atoms with Crippen LogP contribution in [0.4, 0.5) is 11.8 Å². The minimum atomic E-state index is 0.672.